The highest BCUT2D eigenvalue weighted by atomic mass is 19.1. The number of rotatable bonds is 4. The number of nitrogens with one attached hydrogen (secondary N) is 1. The molecule has 5 heteroatoms. The number of hydrogen-bond acceptors (Lipinski definition) is 3. The summed E-state index contributed by atoms with van der Waals surface area (Å²) in [6, 6.07) is 4.71. The van der Waals surface area contributed by atoms with Crippen molar-refractivity contribution in [2.75, 3.05) is 7.05 Å². The van der Waals surface area contributed by atoms with Crippen molar-refractivity contribution in [3.8, 4) is 5.75 Å². The number of aryl methyl sites for hydroxylation is 1. The van der Waals surface area contributed by atoms with Gasteiger partial charge in [0, 0.05) is 29.8 Å². The van der Waals surface area contributed by atoms with E-state index in [1.807, 2.05) is 18.7 Å². The van der Waals surface area contributed by atoms with Crippen molar-refractivity contribution in [3.05, 3.63) is 46.5 Å². The third-order valence-corrected chi connectivity index (χ3v) is 4.03. The smallest absolute Gasteiger partial charge is 0.123 e. The molecule has 1 aromatic carbocycles. The number of ether oxygens (including phenoxy) is 1. The Kier molecular flexibility index (Phi) is 3.68. The molecular weight excluding hydrogens is 269 g/mol. The van der Waals surface area contributed by atoms with Crippen molar-refractivity contribution in [3.63, 3.8) is 0 Å². The van der Waals surface area contributed by atoms with Crippen LogP contribution in [0.25, 0.3) is 0 Å². The second-order valence-electron chi connectivity index (χ2n) is 5.56. The summed E-state index contributed by atoms with van der Waals surface area (Å²) in [4.78, 5) is 0. The maximum Gasteiger partial charge on any atom is 0.123 e. The summed E-state index contributed by atoms with van der Waals surface area (Å²) < 4.78 is 21.1. The molecule has 2 heterocycles. The van der Waals surface area contributed by atoms with Gasteiger partial charge < -0.3 is 10.1 Å². The van der Waals surface area contributed by atoms with Gasteiger partial charge in [0.15, 0.2) is 0 Å². The molecule has 0 saturated heterocycles. The largest absolute Gasteiger partial charge is 0.488 e. The summed E-state index contributed by atoms with van der Waals surface area (Å²) in [6.45, 7) is 5.60. The van der Waals surface area contributed by atoms with Gasteiger partial charge in [-0.25, -0.2) is 4.39 Å². The Hall–Kier alpha value is -1.88. The highest BCUT2D eigenvalue weighted by molar-refractivity contribution is 5.38. The van der Waals surface area contributed by atoms with Gasteiger partial charge >= 0.3 is 0 Å². The third-order valence-electron chi connectivity index (χ3n) is 4.03. The lowest BCUT2D eigenvalue weighted by Crippen LogP contribution is -2.22. The first-order chi connectivity index (χ1) is 10.1. The SMILES string of the molecule is CNCc1c(C)nn(CC2Cc3cc(F)ccc3O2)c1C. The Bertz CT molecular complexity index is 666. The topological polar surface area (TPSA) is 39.1 Å². The van der Waals surface area contributed by atoms with Crippen LogP contribution in [0, 0.1) is 19.7 Å². The van der Waals surface area contributed by atoms with E-state index in [9.17, 15) is 4.39 Å². The number of halogens is 1. The molecule has 1 N–H and O–H groups in total. The molecule has 0 amide bonds. The number of aromatic nitrogens is 2. The molecule has 0 bridgehead atoms. The Morgan fingerprint density at radius 3 is 3.00 bits per heavy atom. The first kappa shape index (κ1) is 14.1. The first-order valence-corrected chi connectivity index (χ1v) is 7.21. The van der Waals surface area contributed by atoms with Crippen LogP contribution in [0.4, 0.5) is 4.39 Å². The second kappa shape index (κ2) is 5.48. The molecule has 4 nitrogen and oxygen atoms in total. The molecule has 112 valence electrons. The van der Waals surface area contributed by atoms with Gasteiger partial charge in [0.2, 0.25) is 0 Å². The van der Waals surface area contributed by atoms with Gasteiger partial charge in [-0.2, -0.15) is 5.10 Å². The number of benzene rings is 1. The van der Waals surface area contributed by atoms with Gasteiger partial charge in [0.05, 0.1) is 12.2 Å². The van der Waals surface area contributed by atoms with Crippen LogP contribution in [-0.4, -0.2) is 22.9 Å². The summed E-state index contributed by atoms with van der Waals surface area (Å²) >= 11 is 0. The van der Waals surface area contributed by atoms with Crippen LogP contribution in [0.3, 0.4) is 0 Å². The van der Waals surface area contributed by atoms with Gasteiger partial charge in [-0.3, -0.25) is 4.68 Å². The minimum Gasteiger partial charge on any atom is -0.488 e. The average Bonchev–Trinajstić information content (AvgIpc) is 2.94. The van der Waals surface area contributed by atoms with Crippen LogP contribution in [0.5, 0.6) is 5.75 Å². The number of hydrogen-bond donors (Lipinski definition) is 1. The average molecular weight is 289 g/mol. The minimum atomic E-state index is -0.208. The zero-order valence-corrected chi connectivity index (χ0v) is 12.6. The van der Waals surface area contributed by atoms with Gasteiger partial charge in [0.1, 0.15) is 17.7 Å². The van der Waals surface area contributed by atoms with E-state index < -0.39 is 0 Å². The molecule has 3 rings (SSSR count). The van der Waals surface area contributed by atoms with Crippen LogP contribution >= 0.6 is 0 Å². The monoisotopic (exact) mass is 289 g/mol. The van der Waals surface area contributed by atoms with E-state index in [0.29, 0.717) is 6.54 Å². The van der Waals surface area contributed by atoms with Crippen molar-refractivity contribution >= 4 is 0 Å². The highest BCUT2D eigenvalue weighted by Crippen LogP contribution is 2.30. The molecule has 1 atom stereocenters. The molecule has 1 unspecified atom stereocenters. The van der Waals surface area contributed by atoms with E-state index in [4.69, 9.17) is 4.74 Å². The normalized spacial score (nSPS) is 16.9. The lowest BCUT2D eigenvalue weighted by atomic mass is 10.1. The van der Waals surface area contributed by atoms with E-state index in [1.165, 1.54) is 11.6 Å². The summed E-state index contributed by atoms with van der Waals surface area (Å²) in [6.07, 6.45) is 0.745. The molecule has 21 heavy (non-hydrogen) atoms. The van der Waals surface area contributed by atoms with Crippen molar-refractivity contribution in [2.24, 2.45) is 0 Å². The Balaban J connectivity index is 1.76. The summed E-state index contributed by atoms with van der Waals surface area (Å²) in [7, 11) is 1.93. The van der Waals surface area contributed by atoms with Crippen LogP contribution in [-0.2, 0) is 19.5 Å². The molecule has 1 aliphatic rings. The van der Waals surface area contributed by atoms with Gasteiger partial charge in [-0.1, -0.05) is 0 Å². The molecule has 0 aliphatic carbocycles. The van der Waals surface area contributed by atoms with Crippen molar-refractivity contribution in [1.29, 1.82) is 0 Å². The highest BCUT2D eigenvalue weighted by Gasteiger charge is 2.25. The van der Waals surface area contributed by atoms with Gasteiger partial charge in [-0.05, 0) is 39.1 Å². The van der Waals surface area contributed by atoms with E-state index in [-0.39, 0.29) is 11.9 Å². The fraction of sp³-hybridized carbons (Fsp3) is 0.438. The van der Waals surface area contributed by atoms with E-state index in [1.54, 1.807) is 12.1 Å². The molecule has 0 radical (unpaired) electrons. The first-order valence-electron chi connectivity index (χ1n) is 7.21. The van der Waals surface area contributed by atoms with Crippen molar-refractivity contribution < 1.29 is 9.13 Å². The molecule has 1 aliphatic heterocycles. The molecular formula is C16H20FN3O. The zero-order valence-electron chi connectivity index (χ0n) is 12.6. The van der Waals surface area contributed by atoms with E-state index in [0.717, 1.165) is 35.7 Å². The van der Waals surface area contributed by atoms with Crippen molar-refractivity contribution in [1.82, 2.24) is 15.1 Å². The molecule has 0 spiro atoms. The predicted octanol–water partition coefficient (Wildman–Crippen LogP) is 2.36. The molecule has 1 aromatic heterocycles. The van der Waals surface area contributed by atoms with Crippen LogP contribution in [0.1, 0.15) is 22.5 Å². The Morgan fingerprint density at radius 2 is 2.24 bits per heavy atom. The minimum absolute atomic E-state index is 0.0160. The molecule has 2 aromatic rings. The number of nitrogens with zero attached hydrogens (tertiary/aromatic N) is 2. The van der Waals surface area contributed by atoms with Gasteiger partial charge in [0.25, 0.3) is 0 Å². The predicted molar refractivity (Wildman–Crippen MR) is 79.0 cm³/mol. The van der Waals surface area contributed by atoms with Gasteiger partial charge in [-0.15, -0.1) is 0 Å². The summed E-state index contributed by atoms with van der Waals surface area (Å²) in [5.74, 6) is 0.582. The quantitative estimate of drug-likeness (QED) is 0.939. The van der Waals surface area contributed by atoms with Crippen molar-refractivity contribution in [2.45, 2.75) is 39.5 Å². The zero-order chi connectivity index (χ0) is 15.0. The molecule has 0 fully saturated rings. The van der Waals surface area contributed by atoms with E-state index in [2.05, 4.69) is 17.3 Å². The maximum absolute atomic E-state index is 13.2. The summed E-state index contributed by atoms with van der Waals surface area (Å²) in [5.41, 5.74) is 4.38. The van der Waals surface area contributed by atoms with Crippen LogP contribution < -0.4 is 10.1 Å². The second-order valence-corrected chi connectivity index (χ2v) is 5.56. The van der Waals surface area contributed by atoms with E-state index >= 15 is 0 Å². The lowest BCUT2D eigenvalue weighted by molar-refractivity contribution is 0.202. The maximum atomic E-state index is 13.2. The Labute approximate surface area is 123 Å². The fourth-order valence-electron chi connectivity index (χ4n) is 2.93. The Morgan fingerprint density at radius 1 is 1.43 bits per heavy atom. The summed E-state index contributed by atoms with van der Waals surface area (Å²) in [5, 5.41) is 7.76. The third kappa shape index (κ3) is 2.65. The number of fused-ring (bicyclic) bond motifs is 1. The van der Waals surface area contributed by atoms with Crippen LogP contribution in [0.2, 0.25) is 0 Å². The standard InChI is InChI=1S/C16H20FN3O/c1-10-15(8-18-3)11(2)20(19-10)9-14-7-12-6-13(17)4-5-16(12)21-14/h4-6,14,18H,7-9H2,1-3H3. The molecule has 0 saturated carbocycles. The van der Waals surface area contributed by atoms with Crippen LogP contribution in [0.15, 0.2) is 18.2 Å². The lowest BCUT2D eigenvalue weighted by Gasteiger charge is -2.12. The fourth-order valence-corrected chi connectivity index (χ4v) is 2.93.